The number of carbonyl (C=O) groups excluding carboxylic acids is 1. The highest BCUT2D eigenvalue weighted by Gasteiger charge is 2.26. The van der Waals surface area contributed by atoms with Gasteiger partial charge in [-0.25, -0.2) is 4.98 Å². The molecule has 0 radical (unpaired) electrons. The molecule has 1 aliphatic rings. The molecule has 3 N–H and O–H groups in total. The van der Waals surface area contributed by atoms with Crippen LogP contribution in [0.5, 0.6) is 0 Å². The number of H-pyrrole nitrogens is 2. The highest BCUT2D eigenvalue weighted by Crippen LogP contribution is 2.27. The van der Waals surface area contributed by atoms with Crippen molar-refractivity contribution in [3.05, 3.63) is 58.0 Å². The van der Waals surface area contributed by atoms with Crippen LogP contribution in [0.2, 0.25) is 5.02 Å². The molecule has 24 heavy (non-hydrogen) atoms. The molecular formula is C17H16ClN5O. The second kappa shape index (κ2) is 5.79. The molecule has 3 aromatic rings. The van der Waals surface area contributed by atoms with Crippen LogP contribution in [0.4, 0.5) is 0 Å². The summed E-state index contributed by atoms with van der Waals surface area (Å²) in [6.07, 6.45) is 0.701. The van der Waals surface area contributed by atoms with Crippen LogP contribution < -0.4 is 5.32 Å². The monoisotopic (exact) mass is 341 g/mol. The number of aromatic nitrogens is 4. The predicted molar refractivity (Wildman–Crippen MR) is 91.1 cm³/mol. The Morgan fingerprint density at radius 1 is 1.25 bits per heavy atom. The Bertz CT molecular complexity index is 896. The maximum atomic E-state index is 12.3. The molecule has 0 fully saturated rings. The van der Waals surface area contributed by atoms with Gasteiger partial charge in [-0.15, -0.1) is 0 Å². The standard InChI is InChI=1S/C17H16ClN5O/c1-9-6-14(23-22-9)16-20-13-7-11(8-19-17(24)15(13)21-16)10-2-4-12(18)5-3-10/h2-6,11H,7-8H2,1H3,(H,19,24)(H,20,21)(H,22,23)/t11-/m0/s1. The molecule has 3 heterocycles. The zero-order chi connectivity index (χ0) is 16.7. The number of halogens is 1. The van der Waals surface area contributed by atoms with Crippen molar-refractivity contribution in [3.63, 3.8) is 0 Å². The summed E-state index contributed by atoms with van der Waals surface area (Å²) in [5.41, 5.74) is 4.07. The van der Waals surface area contributed by atoms with E-state index in [-0.39, 0.29) is 11.8 Å². The lowest BCUT2D eigenvalue weighted by Crippen LogP contribution is -2.26. The van der Waals surface area contributed by atoms with E-state index in [1.165, 1.54) is 0 Å². The van der Waals surface area contributed by atoms with Gasteiger partial charge in [0.15, 0.2) is 5.82 Å². The van der Waals surface area contributed by atoms with Crippen molar-refractivity contribution in [2.75, 3.05) is 6.54 Å². The molecule has 122 valence electrons. The fourth-order valence-electron chi connectivity index (χ4n) is 2.99. The summed E-state index contributed by atoms with van der Waals surface area (Å²) in [7, 11) is 0. The van der Waals surface area contributed by atoms with Crippen LogP contribution in [0.15, 0.2) is 30.3 Å². The maximum Gasteiger partial charge on any atom is 0.271 e. The molecule has 7 heteroatoms. The van der Waals surface area contributed by atoms with Crippen molar-refractivity contribution in [1.82, 2.24) is 25.5 Å². The minimum absolute atomic E-state index is 0.156. The zero-order valence-electron chi connectivity index (χ0n) is 13.1. The summed E-state index contributed by atoms with van der Waals surface area (Å²) in [4.78, 5) is 20.1. The topological polar surface area (TPSA) is 86.5 Å². The minimum Gasteiger partial charge on any atom is -0.350 e. The largest absolute Gasteiger partial charge is 0.350 e. The molecule has 0 unspecified atom stereocenters. The number of fused-ring (bicyclic) bond motifs is 1. The van der Waals surface area contributed by atoms with Crippen molar-refractivity contribution in [1.29, 1.82) is 0 Å². The molecule has 0 saturated carbocycles. The van der Waals surface area contributed by atoms with Crippen molar-refractivity contribution < 1.29 is 4.79 Å². The first-order valence-corrected chi connectivity index (χ1v) is 8.13. The average molecular weight is 342 g/mol. The third kappa shape index (κ3) is 2.69. The van der Waals surface area contributed by atoms with Gasteiger partial charge in [-0.05, 0) is 37.1 Å². The summed E-state index contributed by atoms with van der Waals surface area (Å²) in [5.74, 6) is 0.620. The van der Waals surface area contributed by atoms with E-state index in [1.54, 1.807) is 0 Å². The summed E-state index contributed by atoms with van der Waals surface area (Å²) in [6, 6.07) is 9.63. The Hall–Kier alpha value is -2.60. The fourth-order valence-corrected chi connectivity index (χ4v) is 3.12. The van der Waals surface area contributed by atoms with Crippen molar-refractivity contribution in [2.24, 2.45) is 0 Å². The molecule has 1 aliphatic heterocycles. The number of aryl methyl sites for hydroxylation is 1. The van der Waals surface area contributed by atoms with Crippen LogP contribution >= 0.6 is 11.6 Å². The van der Waals surface area contributed by atoms with Crippen molar-refractivity contribution >= 4 is 17.5 Å². The number of amides is 1. The zero-order valence-corrected chi connectivity index (χ0v) is 13.8. The van der Waals surface area contributed by atoms with Gasteiger partial charge in [0.1, 0.15) is 11.4 Å². The van der Waals surface area contributed by atoms with Crippen LogP contribution in [0.1, 0.15) is 33.4 Å². The van der Waals surface area contributed by atoms with Crippen LogP contribution in [0, 0.1) is 6.92 Å². The molecule has 0 saturated heterocycles. The van der Waals surface area contributed by atoms with Crippen molar-refractivity contribution in [3.8, 4) is 11.5 Å². The van der Waals surface area contributed by atoms with Gasteiger partial charge in [-0.1, -0.05) is 23.7 Å². The second-order valence-electron chi connectivity index (χ2n) is 6.01. The average Bonchev–Trinajstić information content (AvgIpc) is 3.15. The van der Waals surface area contributed by atoms with E-state index in [0.29, 0.717) is 35.2 Å². The third-order valence-corrected chi connectivity index (χ3v) is 4.50. The van der Waals surface area contributed by atoms with Gasteiger partial charge in [0.2, 0.25) is 0 Å². The van der Waals surface area contributed by atoms with Gasteiger partial charge in [0.05, 0.1) is 0 Å². The van der Waals surface area contributed by atoms with Crippen LogP contribution in [0.3, 0.4) is 0 Å². The first kappa shape index (κ1) is 15.0. The van der Waals surface area contributed by atoms with Crippen molar-refractivity contribution in [2.45, 2.75) is 19.3 Å². The van der Waals surface area contributed by atoms with Gasteiger partial charge in [0, 0.05) is 28.9 Å². The van der Waals surface area contributed by atoms with E-state index >= 15 is 0 Å². The molecule has 2 aromatic heterocycles. The van der Waals surface area contributed by atoms with Crippen LogP contribution in [-0.2, 0) is 6.42 Å². The molecule has 1 aromatic carbocycles. The summed E-state index contributed by atoms with van der Waals surface area (Å²) >= 11 is 5.96. The number of carbonyl (C=O) groups is 1. The van der Waals surface area contributed by atoms with E-state index in [2.05, 4.69) is 25.5 Å². The summed E-state index contributed by atoms with van der Waals surface area (Å²) in [6.45, 7) is 2.50. The normalized spacial score (nSPS) is 17.2. The fraction of sp³-hybridized carbons (Fsp3) is 0.235. The number of benzene rings is 1. The molecule has 6 nitrogen and oxygen atoms in total. The lowest BCUT2D eigenvalue weighted by molar-refractivity contribution is 0.0950. The lowest BCUT2D eigenvalue weighted by Gasteiger charge is -2.14. The quantitative estimate of drug-likeness (QED) is 0.670. The van der Waals surface area contributed by atoms with Gasteiger partial charge in [-0.3, -0.25) is 9.89 Å². The molecule has 1 amide bonds. The number of rotatable bonds is 2. The van der Waals surface area contributed by atoms with E-state index in [9.17, 15) is 4.79 Å². The molecule has 0 aliphatic carbocycles. The first-order valence-electron chi connectivity index (χ1n) is 7.75. The van der Waals surface area contributed by atoms with Gasteiger partial charge in [0.25, 0.3) is 5.91 Å². The Morgan fingerprint density at radius 3 is 2.75 bits per heavy atom. The Kier molecular flexibility index (Phi) is 3.61. The molecule has 0 bridgehead atoms. The number of hydrogen-bond donors (Lipinski definition) is 3. The van der Waals surface area contributed by atoms with E-state index in [4.69, 9.17) is 11.6 Å². The number of nitrogens with zero attached hydrogens (tertiary/aromatic N) is 2. The Balaban J connectivity index is 1.69. The van der Waals surface area contributed by atoms with Gasteiger partial charge >= 0.3 is 0 Å². The summed E-state index contributed by atoms with van der Waals surface area (Å²) in [5, 5.41) is 10.7. The molecule has 1 atom stereocenters. The number of aromatic amines is 2. The number of hydrogen-bond acceptors (Lipinski definition) is 3. The number of imidazole rings is 1. The second-order valence-corrected chi connectivity index (χ2v) is 6.45. The molecule has 0 spiro atoms. The maximum absolute atomic E-state index is 12.3. The SMILES string of the molecule is Cc1cc(-c2nc3c([nH]2)C[C@H](c2ccc(Cl)cc2)CNC3=O)n[nH]1. The summed E-state index contributed by atoms with van der Waals surface area (Å²) < 4.78 is 0. The minimum atomic E-state index is -0.156. The smallest absolute Gasteiger partial charge is 0.271 e. The van der Waals surface area contributed by atoms with Crippen LogP contribution in [-0.4, -0.2) is 32.6 Å². The van der Waals surface area contributed by atoms with E-state index in [0.717, 1.165) is 17.0 Å². The molecular weight excluding hydrogens is 326 g/mol. The first-order chi connectivity index (χ1) is 11.6. The highest BCUT2D eigenvalue weighted by molar-refractivity contribution is 6.30. The van der Waals surface area contributed by atoms with Crippen LogP contribution in [0.25, 0.3) is 11.5 Å². The highest BCUT2D eigenvalue weighted by atomic mass is 35.5. The van der Waals surface area contributed by atoms with Gasteiger partial charge in [-0.2, -0.15) is 5.10 Å². The van der Waals surface area contributed by atoms with E-state index < -0.39 is 0 Å². The Morgan fingerprint density at radius 2 is 2.04 bits per heavy atom. The van der Waals surface area contributed by atoms with Gasteiger partial charge < -0.3 is 10.3 Å². The number of nitrogens with one attached hydrogen (secondary N) is 3. The predicted octanol–water partition coefficient (Wildman–Crippen LogP) is 2.83. The van der Waals surface area contributed by atoms with E-state index in [1.807, 2.05) is 37.3 Å². The Labute approximate surface area is 143 Å². The third-order valence-electron chi connectivity index (χ3n) is 4.24. The lowest BCUT2D eigenvalue weighted by atomic mass is 9.94. The molecule has 4 rings (SSSR count).